The van der Waals surface area contributed by atoms with Crippen LogP contribution in [-0.4, -0.2) is 23.6 Å². The Morgan fingerprint density at radius 3 is 2.40 bits per heavy atom. The molecule has 5 heteroatoms. The van der Waals surface area contributed by atoms with Gasteiger partial charge in [0.2, 0.25) is 0 Å². The fourth-order valence-corrected chi connectivity index (χ4v) is 4.15. The molecule has 2 aromatic carbocycles. The van der Waals surface area contributed by atoms with Crippen molar-refractivity contribution in [2.75, 3.05) is 18.0 Å². The summed E-state index contributed by atoms with van der Waals surface area (Å²) in [5.41, 5.74) is 4.07. The molecule has 0 bridgehead atoms. The molecule has 0 radical (unpaired) electrons. The van der Waals surface area contributed by atoms with Crippen LogP contribution in [0.1, 0.15) is 29.8 Å². The van der Waals surface area contributed by atoms with Crippen molar-refractivity contribution in [3.8, 4) is 0 Å². The van der Waals surface area contributed by atoms with Gasteiger partial charge in [-0.1, -0.05) is 23.5 Å². The third-order valence-electron chi connectivity index (χ3n) is 4.46. The summed E-state index contributed by atoms with van der Waals surface area (Å²) >= 11 is 1.54. The van der Waals surface area contributed by atoms with Crippen molar-refractivity contribution >= 4 is 33.1 Å². The van der Waals surface area contributed by atoms with Crippen LogP contribution in [0.15, 0.2) is 47.5 Å². The van der Waals surface area contributed by atoms with Gasteiger partial charge in [0.05, 0.1) is 10.2 Å². The molecular formula is C20H23N3OS. The highest BCUT2D eigenvalue weighted by Gasteiger charge is 2.09. The summed E-state index contributed by atoms with van der Waals surface area (Å²) in [7, 11) is 1.96. The summed E-state index contributed by atoms with van der Waals surface area (Å²) in [5.74, 6) is -0.203. The zero-order valence-electron chi connectivity index (χ0n) is 15.1. The predicted octanol–water partition coefficient (Wildman–Crippen LogP) is 4.14. The van der Waals surface area contributed by atoms with Gasteiger partial charge < -0.3 is 9.47 Å². The zero-order chi connectivity index (χ0) is 18.0. The number of rotatable bonds is 4. The first kappa shape index (κ1) is 17.4. The number of hydrogen-bond donors (Lipinski definition) is 0. The number of aromatic nitrogens is 1. The Balaban J connectivity index is 1.95. The predicted molar refractivity (Wildman–Crippen MR) is 105 cm³/mol. The number of anilines is 1. The Labute approximate surface area is 152 Å². The number of fused-ring (bicyclic) bond motifs is 1. The van der Waals surface area contributed by atoms with Crippen LogP contribution in [0, 0.1) is 6.92 Å². The van der Waals surface area contributed by atoms with Crippen LogP contribution in [0.25, 0.3) is 10.2 Å². The van der Waals surface area contributed by atoms with Crippen LogP contribution in [-0.2, 0) is 7.05 Å². The van der Waals surface area contributed by atoms with E-state index in [-0.39, 0.29) is 5.91 Å². The van der Waals surface area contributed by atoms with E-state index in [0.29, 0.717) is 5.56 Å². The molecule has 0 unspecified atom stereocenters. The molecule has 0 N–H and O–H groups in total. The quantitative estimate of drug-likeness (QED) is 0.707. The van der Waals surface area contributed by atoms with E-state index in [1.807, 2.05) is 41.9 Å². The summed E-state index contributed by atoms with van der Waals surface area (Å²) < 4.78 is 3.14. The Morgan fingerprint density at radius 1 is 1.12 bits per heavy atom. The average molecular weight is 353 g/mol. The molecule has 0 aliphatic rings. The van der Waals surface area contributed by atoms with E-state index in [2.05, 4.69) is 42.8 Å². The smallest absolute Gasteiger partial charge is 0.279 e. The molecule has 0 aliphatic carbocycles. The lowest BCUT2D eigenvalue weighted by Gasteiger charge is -2.20. The van der Waals surface area contributed by atoms with Gasteiger partial charge in [-0.15, -0.1) is 0 Å². The molecule has 0 fully saturated rings. The Hall–Kier alpha value is -2.40. The second-order valence-electron chi connectivity index (χ2n) is 6.00. The largest absolute Gasteiger partial charge is 0.372 e. The molecule has 0 aliphatic heterocycles. The number of amides is 1. The third-order valence-corrected chi connectivity index (χ3v) is 5.56. The van der Waals surface area contributed by atoms with Crippen molar-refractivity contribution in [3.05, 3.63) is 58.4 Å². The first-order chi connectivity index (χ1) is 12.0. The van der Waals surface area contributed by atoms with Gasteiger partial charge in [0.25, 0.3) is 5.91 Å². The number of nitrogens with zero attached hydrogens (tertiary/aromatic N) is 3. The number of para-hydroxylation sites is 1. The summed E-state index contributed by atoms with van der Waals surface area (Å²) in [6, 6.07) is 13.9. The fraction of sp³-hybridized carbons (Fsp3) is 0.300. The molecule has 3 aromatic rings. The number of aryl methyl sites for hydroxylation is 2. The number of hydrogen-bond acceptors (Lipinski definition) is 3. The van der Waals surface area contributed by atoms with E-state index in [4.69, 9.17) is 0 Å². The molecule has 0 saturated heterocycles. The number of carbonyl (C=O) groups is 1. The first-order valence-corrected chi connectivity index (χ1v) is 9.36. The molecule has 0 atom stereocenters. The highest BCUT2D eigenvalue weighted by molar-refractivity contribution is 7.16. The lowest BCUT2D eigenvalue weighted by molar-refractivity contribution is 0.0998. The monoisotopic (exact) mass is 353 g/mol. The van der Waals surface area contributed by atoms with Crippen molar-refractivity contribution in [1.82, 2.24) is 4.57 Å². The highest BCUT2D eigenvalue weighted by Crippen LogP contribution is 2.20. The Bertz CT molecular complexity index is 963. The minimum atomic E-state index is -0.203. The van der Waals surface area contributed by atoms with E-state index in [1.54, 1.807) is 11.3 Å². The highest BCUT2D eigenvalue weighted by atomic mass is 32.1. The van der Waals surface area contributed by atoms with Gasteiger partial charge in [0.15, 0.2) is 4.80 Å². The van der Waals surface area contributed by atoms with Crippen LogP contribution in [0.5, 0.6) is 0 Å². The summed E-state index contributed by atoms with van der Waals surface area (Å²) in [5, 5.41) is 0. The van der Waals surface area contributed by atoms with E-state index >= 15 is 0 Å². The van der Waals surface area contributed by atoms with Crippen molar-refractivity contribution < 1.29 is 4.79 Å². The maximum Gasteiger partial charge on any atom is 0.279 e. The van der Waals surface area contributed by atoms with Crippen LogP contribution >= 0.6 is 11.3 Å². The van der Waals surface area contributed by atoms with Gasteiger partial charge in [0, 0.05) is 31.4 Å². The lowest BCUT2D eigenvalue weighted by Crippen LogP contribution is -2.21. The van der Waals surface area contributed by atoms with E-state index < -0.39 is 0 Å². The molecule has 1 amide bonds. The van der Waals surface area contributed by atoms with Crippen LogP contribution in [0.2, 0.25) is 0 Å². The first-order valence-electron chi connectivity index (χ1n) is 8.54. The minimum absolute atomic E-state index is 0.203. The van der Waals surface area contributed by atoms with Crippen molar-refractivity contribution in [2.45, 2.75) is 20.8 Å². The van der Waals surface area contributed by atoms with E-state index in [0.717, 1.165) is 33.8 Å². The molecule has 3 rings (SSSR count). The Morgan fingerprint density at radius 2 is 1.80 bits per heavy atom. The molecule has 0 saturated carbocycles. The normalized spacial score (nSPS) is 11.9. The molecule has 25 heavy (non-hydrogen) atoms. The number of carbonyl (C=O) groups excluding carboxylic acids is 1. The minimum Gasteiger partial charge on any atom is -0.372 e. The van der Waals surface area contributed by atoms with Gasteiger partial charge in [-0.3, -0.25) is 4.79 Å². The molecule has 0 spiro atoms. The van der Waals surface area contributed by atoms with E-state index in [9.17, 15) is 4.79 Å². The summed E-state index contributed by atoms with van der Waals surface area (Å²) in [4.78, 5) is 19.9. The van der Waals surface area contributed by atoms with Crippen molar-refractivity contribution in [2.24, 2.45) is 12.0 Å². The second-order valence-corrected chi connectivity index (χ2v) is 7.01. The fourth-order valence-electron chi connectivity index (χ4n) is 3.06. The third kappa shape index (κ3) is 3.37. The summed E-state index contributed by atoms with van der Waals surface area (Å²) in [6.07, 6.45) is 0. The topological polar surface area (TPSA) is 37.6 Å². The van der Waals surface area contributed by atoms with Crippen LogP contribution in [0.3, 0.4) is 0 Å². The lowest BCUT2D eigenvalue weighted by atomic mass is 10.2. The van der Waals surface area contributed by atoms with Crippen molar-refractivity contribution in [3.63, 3.8) is 0 Å². The van der Waals surface area contributed by atoms with Gasteiger partial charge in [-0.2, -0.15) is 4.99 Å². The number of benzene rings is 2. The van der Waals surface area contributed by atoms with E-state index in [1.165, 1.54) is 5.56 Å². The van der Waals surface area contributed by atoms with Crippen LogP contribution in [0.4, 0.5) is 5.69 Å². The standard InChI is InChI=1S/C20H23N3OS/c1-5-23(6-2)16-12-10-15(11-13-16)19(24)21-20-22(4)18-14(3)8-7-9-17(18)25-20/h7-13H,5-6H2,1-4H3. The van der Waals surface area contributed by atoms with Crippen molar-refractivity contribution in [1.29, 1.82) is 0 Å². The maximum absolute atomic E-state index is 12.6. The van der Waals surface area contributed by atoms with Gasteiger partial charge in [-0.05, 0) is 56.7 Å². The van der Waals surface area contributed by atoms with Gasteiger partial charge >= 0.3 is 0 Å². The molecule has 130 valence electrons. The molecule has 4 nitrogen and oxygen atoms in total. The van der Waals surface area contributed by atoms with Crippen LogP contribution < -0.4 is 9.70 Å². The second kappa shape index (κ2) is 7.23. The Kier molecular flexibility index (Phi) is 5.04. The zero-order valence-corrected chi connectivity index (χ0v) is 15.9. The SMILES string of the molecule is CCN(CC)c1ccc(C(=O)N=c2sc3cccc(C)c3n2C)cc1. The van der Waals surface area contributed by atoms with Gasteiger partial charge in [-0.25, -0.2) is 0 Å². The van der Waals surface area contributed by atoms with Gasteiger partial charge in [0.1, 0.15) is 0 Å². The molecule has 1 heterocycles. The number of thiazole rings is 1. The molecular weight excluding hydrogens is 330 g/mol. The molecule has 1 aromatic heterocycles. The summed E-state index contributed by atoms with van der Waals surface area (Å²) in [6.45, 7) is 8.23. The maximum atomic E-state index is 12.6. The average Bonchev–Trinajstić information content (AvgIpc) is 2.93.